The molecule has 0 amide bonds. The van der Waals surface area contributed by atoms with Crippen molar-refractivity contribution in [2.75, 3.05) is 0 Å². The molecule has 128 valence electrons. The lowest BCUT2D eigenvalue weighted by Crippen LogP contribution is -2.29. The van der Waals surface area contributed by atoms with Gasteiger partial charge in [0.2, 0.25) is 0 Å². The topological polar surface area (TPSA) is 0 Å². The highest BCUT2D eigenvalue weighted by molar-refractivity contribution is 9.10. The van der Waals surface area contributed by atoms with Crippen molar-refractivity contribution < 1.29 is 0 Å². The number of unbranched alkanes of at least 4 members (excludes halogenated alkanes) is 8. The molecule has 0 bridgehead atoms. The number of halogens is 1. The lowest BCUT2D eigenvalue weighted by atomic mass is 9.82. The van der Waals surface area contributed by atoms with Gasteiger partial charge >= 0.3 is 0 Å². The second kappa shape index (κ2) is 14.1. The summed E-state index contributed by atoms with van der Waals surface area (Å²) in [5, 5.41) is 0. The van der Waals surface area contributed by atoms with E-state index in [1.165, 1.54) is 89.9 Å². The molecule has 0 saturated carbocycles. The molecule has 0 N–H and O–H groups in total. The SMILES string of the molecule is CCCCCCCCC(C)C(Br)(CCCC)CCCCC. The van der Waals surface area contributed by atoms with E-state index in [4.69, 9.17) is 0 Å². The summed E-state index contributed by atoms with van der Waals surface area (Å²) in [5.74, 6) is 0.826. The molecular weight excluding hydrogens is 320 g/mol. The molecule has 0 fully saturated rings. The fourth-order valence-electron chi connectivity index (χ4n) is 3.25. The average molecular weight is 361 g/mol. The lowest BCUT2D eigenvalue weighted by molar-refractivity contribution is 0.323. The fourth-order valence-corrected chi connectivity index (χ4v) is 4.04. The summed E-state index contributed by atoms with van der Waals surface area (Å²) in [6, 6.07) is 0. The molecule has 0 aromatic carbocycles. The Bertz CT molecular complexity index is 214. The van der Waals surface area contributed by atoms with E-state index < -0.39 is 0 Å². The fraction of sp³-hybridized carbons (Fsp3) is 1.00. The summed E-state index contributed by atoms with van der Waals surface area (Å²) < 4.78 is 0.418. The zero-order valence-corrected chi connectivity index (χ0v) is 16.9. The highest BCUT2D eigenvalue weighted by Crippen LogP contribution is 2.40. The summed E-state index contributed by atoms with van der Waals surface area (Å²) in [4.78, 5) is 0. The van der Waals surface area contributed by atoms with Crippen molar-refractivity contribution in [2.24, 2.45) is 5.92 Å². The Morgan fingerprint density at radius 3 is 1.76 bits per heavy atom. The molecular formula is C20H41Br. The van der Waals surface area contributed by atoms with Crippen LogP contribution in [0.3, 0.4) is 0 Å². The maximum absolute atomic E-state index is 4.18. The zero-order chi connectivity index (χ0) is 16.0. The van der Waals surface area contributed by atoms with Crippen LogP contribution in [0.1, 0.15) is 118 Å². The molecule has 0 saturated heterocycles. The second-order valence-electron chi connectivity index (χ2n) is 7.05. The Morgan fingerprint density at radius 2 is 1.14 bits per heavy atom. The van der Waals surface area contributed by atoms with Crippen LogP contribution < -0.4 is 0 Å². The lowest BCUT2D eigenvalue weighted by Gasteiger charge is -2.34. The molecule has 0 heterocycles. The van der Waals surface area contributed by atoms with Crippen molar-refractivity contribution in [3.63, 3.8) is 0 Å². The van der Waals surface area contributed by atoms with E-state index in [1.54, 1.807) is 0 Å². The average Bonchev–Trinajstić information content (AvgIpc) is 2.48. The molecule has 0 aromatic rings. The first-order chi connectivity index (χ1) is 10.1. The summed E-state index contributed by atoms with van der Waals surface area (Å²) in [6.45, 7) is 9.41. The van der Waals surface area contributed by atoms with Crippen LogP contribution in [-0.2, 0) is 0 Å². The number of alkyl halides is 1. The molecule has 0 aliphatic carbocycles. The molecule has 0 aliphatic rings. The molecule has 2 unspecified atom stereocenters. The van der Waals surface area contributed by atoms with Gasteiger partial charge in [0.25, 0.3) is 0 Å². The molecule has 0 radical (unpaired) electrons. The molecule has 0 spiro atoms. The van der Waals surface area contributed by atoms with Crippen molar-refractivity contribution in [1.82, 2.24) is 0 Å². The van der Waals surface area contributed by atoms with Crippen molar-refractivity contribution in [3.8, 4) is 0 Å². The van der Waals surface area contributed by atoms with Crippen LogP contribution in [0, 0.1) is 5.92 Å². The van der Waals surface area contributed by atoms with Crippen LogP contribution >= 0.6 is 15.9 Å². The van der Waals surface area contributed by atoms with Gasteiger partial charge in [-0.05, 0) is 25.2 Å². The standard InChI is InChI=1S/C20H41Br/c1-5-8-11-12-13-14-16-19(4)20(21,17-10-7-3)18-15-9-6-2/h19H,5-18H2,1-4H3. The number of hydrogen-bond donors (Lipinski definition) is 0. The van der Waals surface area contributed by atoms with E-state index in [0.717, 1.165) is 5.92 Å². The van der Waals surface area contributed by atoms with Crippen molar-refractivity contribution in [1.29, 1.82) is 0 Å². The van der Waals surface area contributed by atoms with Crippen molar-refractivity contribution >= 4 is 15.9 Å². The highest BCUT2D eigenvalue weighted by atomic mass is 79.9. The monoisotopic (exact) mass is 360 g/mol. The predicted octanol–water partition coefficient (Wildman–Crippen LogP) is 8.28. The van der Waals surface area contributed by atoms with Crippen LogP contribution in [0.2, 0.25) is 0 Å². The molecule has 0 nitrogen and oxygen atoms in total. The van der Waals surface area contributed by atoms with E-state index in [9.17, 15) is 0 Å². The van der Waals surface area contributed by atoms with Crippen LogP contribution in [0.15, 0.2) is 0 Å². The van der Waals surface area contributed by atoms with E-state index in [1.807, 2.05) is 0 Å². The minimum atomic E-state index is 0.418. The van der Waals surface area contributed by atoms with Gasteiger partial charge in [0.05, 0.1) is 0 Å². The molecule has 0 aromatic heterocycles. The van der Waals surface area contributed by atoms with Gasteiger partial charge in [-0.1, -0.05) is 114 Å². The van der Waals surface area contributed by atoms with Crippen LogP contribution in [0.5, 0.6) is 0 Å². The quantitative estimate of drug-likeness (QED) is 0.203. The second-order valence-corrected chi connectivity index (χ2v) is 8.63. The minimum absolute atomic E-state index is 0.418. The Hall–Kier alpha value is 0.480. The van der Waals surface area contributed by atoms with E-state index in [0.29, 0.717) is 4.32 Å². The van der Waals surface area contributed by atoms with Crippen LogP contribution in [0.25, 0.3) is 0 Å². The highest BCUT2D eigenvalue weighted by Gasteiger charge is 2.31. The smallest absolute Gasteiger partial charge is 0.0283 e. The number of hydrogen-bond acceptors (Lipinski definition) is 0. The van der Waals surface area contributed by atoms with Gasteiger partial charge in [-0.2, -0.15) is 0 Å². The molecule has 2 atom stereocenters. The Morgan fingerprint density at radius 1 is 0.667 bits per heavy atom. The van der Waals surface area contributed by atoms with Gasteiger partial charge in [0.15, 0.2) is 0 Å². The Labute approximate surface area is 144 Å². The minimum Gasteiger partial charge on any atom is -0.0850 e. The number of rotatable bonds is 15. The van der Waals surface area contributed by atoms with Gasteiger partial charge in [-0.25, -0.2) is 0 Å². The molecule has 0 aliphatic heterocycles. The maximum Gasteiger partial charge on any atom is 0.0283 e. The van der Waals surface area contributed by atoms with Gasteiger partial charge in [0.1, 0.15) is 0 Å². The summed E-state index contributed by atoms with van der Waals surface area (Å²) in [5.41, 5.74) is 0. The van der Waals surface area contributed by atoms with Gasteiger partial charge in [-0.3, -0.25) is 0 Å². The largest absolute Gasteiger partial charge is 0.0850 e. The third kappa shape index (κ3) is 10.8. The first-order valence-corrected chi connectivity index (χ1v) is 10.6. The van der Waals surface area contributed by atoms with Gasteiger partial charge in [0, 0.05) is 4.32 Å². The van der Waals surface area contributed by atoms with Gasteiger partial charge in [-0.15, -0.1) is 0 Å². The maximum atomic E-state index is 4.18. The molecule has 0 rings (SSSR count). The third-order valence-corrected chi connectivity index (χ3v) is 6.59. The first-order valence-electron chi connectivity index (χ1n) is 9.79. The van der Waals surface area contributed by atoms with Crippen molar-refractivity contribution in [2.45, 2.75) is 122 Å². The normalized spacial score (nSPS) is 15.9. The van der Waals surface area contributed by atoms with Crippen LogP contribution in [0.4, 0.5) is 0 Å². The summed E-state index contributed by atoms with van der Waals surface area (Å²) >= 11 is 4.18. The van der Waals surface area contributed by atoms with Crippen molar-refractivity contribution in [3.05, 3.63) is 0 Å². The zero-order valence-electron chi connectivity index (χ0n) is 15.4. The first kappa shape index (κ1) is 21.5. The van der Waals surface area contributed by atoms with Crippen LogP contribution in [-0.4, -0.2) is 4.32 Å². The Kier molecular flexibility index (Phi) is 14.4. The van der Waals surface area contributed by atoms with Gasteiger partial charge < -0.3 is 0 Å². The summed E-state index contributed by atoms with van der Waals surface area (Å²) in [7, 11) is 0. The summed E-state index contributed by atoms with van der Waals surface area (Å²) in [6.07, 6.45) is 19.5. The predicted molar refractivity (Wildman–Crippen MR) is 102 cm³/mol. The van der Waals surface area contributed by atoms with E-state index in [2.05, 4.69) is 43.6 Å². The molecule has 21 heavy (non-hydrogen) atoms. The van der Waals surface area contributed by atoms with E-state index in [-0.39, 0.29) is 0 Å². The Balaban J connectivity index is 4.07. The molecule has 1 heteroatoms. The third-order valence-electron chi connectivity index (χ3n) is 5.02. The van der Waals surface area contributed by atoms with E-state index >= 15 is 0 Å².